The van der Waals surface area contributed by atoms with Gasteiger partial charge in [-0.1, -0.05) is 28.1 Å². The summed E-state index contributed by atoms with van der Waals surface area (Å²) in [7, 11) is 0. The van der Waals surface area contributed by atoms with Crippen molar-refractivity contribution in [3.8, 4) is 5.75 Å². The summed E-state index contributed by atoms with van der Waals surface area (Å²) < 4.78 is 6.33. The fourth-order valence-corrected chi connectivity index (χ4v) is 2.60. The Bertz CT molecular complexity index is 886. The maximum atomic E-state index is 12.1. The van der Waals surface area contributed by atoms with Crippen LogP contribution in [0, 0.1) is 13.8 Å². The minimum Gasteiger partial charge on any atom is -0.481 e. The first-order valence-electron chi connectivity index (χ1n) is 8.62. The van der Waals surface area contributed by atoms with Gasteiger partial charge in [-0.05, 0) is 62.2 Å². The third-order valence-corrected chi connectivity index (χ3v) is 4.48. The Labute approximate surface area is 171 Å². The predicted molar refractivity (Wildman–Crippen MR) is 109 cm³/mol. The van der Waals surface area contributed by atoms with E-state index in [0.717, 1.165) is 15.6 Å². The zero-order chi connectivity index (χ0) is 20.7. The number of hydrazine groups is 1. The smallest absolute Gasteiger partial charge is 0.279 e. The van der Waals surface area contributed by atoms with Crippen LogP contribution in [-0.2, 0) is 9.59 Å². The van der Waals surface area contributed by atoms with E-state index < -0.39 is 17.9 Å². The molecule has 0 fully saturated rings. The first-order valence-corrected chi connectivity index (χ1v) is 9.42. The van der Waals surface area contributed by atoms with E-state index in [2.05, 4.69) is 32.1 Å². The van der Waals surface area contributed by atoms with E-state index in [0.29, 0.717) is 11.3 Å². The lowest BCUT2D eigenvalue weighted by atomic mass is 10.1. The third kappa shape index (κ3) is 6.38. The van der Waals surface area contributed by atoms with Crippen LogP contribution in [0.1, 0.15) is 28.4 Å². The van der Waals surface area contributed by atoms with E-state index in [1.54, 1.807) is 37.3 Å². The molecule has 0 aromatic heterocycles. The Morgan fingerprint density at radius 2 is 1.79 bits per heavy atom. The van der Waals surface area contributed by atoms with Crippen LogP contribution in [0.3, 0.4) is 0 Å². The molecule has 8 heteroatoms. The van der Waals surface area contributed by atoms with Gasteiger partial charge in [-0.25, -0.2) is 0 Å². The largest absolute Gasteiger partial charge is 0.481 e. The molecule has 0 saturated carbocycles. The predicted octanol–water partition coefficient (Wildman–Crippen LogP) is 2.41. The monoisotopic (exact) mass is 447 g/mol. The van der Waals surface area contributed by atoms with E-state index in [1.807, 2.05) is 26.0 Å². The second-order valence-corrected chi connectivity index (χ2v) is 7.15. The summed E-state index contributed by atoms with van der Waals surface area (Å²) in [6, 6.07) is 12.4. The van der Waals surface area contributed by atoms with E-state index in [4.69, 9.17) is 4.74 Å². The molecule has 0 heterocycles. The number of amides is 3. The zero-order valence-electron chi connectivity index (χ0n) is 15.8. The SMILES string of the molecule is Cc1ccc(C(=O)NCC(=O)NNC(=O)C(C)Oc2cccc(Br)c2)cc1C. The first kappa shape index (κ1) is 21.4. The normalized spacial score (nSPS) is 11.3. The second kappa shape index (κ2) is 9.89. The molecule has 1 atom stereocenters. The summed E-state index contributed by atoms with van der Waals surface area (Å²) in [5.41, 5.74) is 7.05. The highest BCUT2D eigenvalue weighted by Crippen LogP contribution is 2.18. The van der Waals surface area contributed by atoms with Crippen LogP contribution in [0.25, 0.3) is 0 Å². The van der Waals surface area contributed by atoms with Crippen LogP contribution in [0.15, 0.2) is 46.9 Å². The standard InChI is InChI=1S/C20H22BrN3O4/c1-12-7-8-15(9-13(12)2)20(27)22-11-18(25)23-24-19(26)14(3)28-17-6-4-5-16(21)10-17/h4-10,14H,11H2,1-3H3,(H,22,27)(H,23,25)(H,24,26). The van der Waals surface area contributed by atoms with E-state index in [1.165, 1.54) is 0 Å². The highest BCUT2D eigenvalue weighted by Gasteiger charge is 2.16. The molecule has 2 aromatic carbocycles. The minimum absolute atomic E-state index is 0.271. The minimum atomic E-state index is -0.820. The number of hydrogen-bond donors (Lipinski definition) is 3. The fourth-order valence-electron chi connectivity index (χ4n) is 2.22. The van der Waals surface area contributed by atoms with Crippen molar-refractivity contribution in [3.63, 3.8) is 0 Å². The lowest BCUT2D eigenvalue weighted by molar-refractivity contribution is -0.132. The molecule has 0 aliphatic heterocycles. The van der Waals surface area contributed by atoms with Crippen LogP contribution in [0.4, 0.5) is 0 Å². The van der Waals surface area contributed by atoms with Gasteiger partial charge in [-0.3, -0.25) is 25.2 Å². The molecule has 7 nitrogen and oxygen atoms in total. The Balaban J connectivity index is 1.75. The summed E-state index contributed by atoms with van der Waals surface area (Å²) in [4.78, 5) is 35.9. The van der Waals surface area contributed by atoms with Gasteiger partial charge in [0.25, 0.3) is 17.7 Å². The molecule has 0 aliphatic rings. The molecule has 0 radical (unpaired) electrons. The van der Waals surface area contributed by atoms with Crippen molar-refractivity contribution in [2.75, 3.05) is 6.54 Å². The van der Waals surface area contributed by atoms with E-state index in [9.17, 15) is 14.4 Å². The van der Waals surface area contributed by atoms with Gasteiger partial charge < -0.3 is 10.1 Å². The van der Waals surface area contributed by atoms with Crippen molar-refractivity contribution in [2.45, 2.75) is 26.9 Å². The van der Waals surface area contributed by atoms with Crippen LogP contribution in [0.5, 0.6) is 5.75 Å². The average molecular weight is 448 g/mol. The molecule has 0 aliphatic carbocycles. The molecule has 148 valence electrons. The van der Waals surface area contributed by atoms with Crippen LogP contribution >= 0.6 is 15.9 Å². The number of carbonyl (C=O) groups is 3. The number of rotatable bonds is 6. The van der Waals surface area contributed by atoms with E-state index >= 15 is 0 Å². The Morgan fingerprint density at radius 3 is 2.46 bits per heavy atom. The van der Waals surface area contributed by atoms with Crippen LogP contribution in [0.2, 0.25) is 0 Å². The number of hydrogen-bond acceptors (Lipinski definition) is 4. The Kier molecular flexibility index (Phi) is 7.57. The summed E-state index contributed by atoms with van der Waals surface area (Å²) >= 11 is 3.32. The van der Waals surface area contributed by atoms with Crippen molar-refractivity contribution in [2.24, 2.45) is 0 Å². The number of carbonyl (C=O) groups excluding carboxylic acids is 3. The maximum Gasteiger partial charge on any atom is 0.279 e. The molecule has 3 amide bonds. The first-order chi connectivity index (χ1) is 13.3. The Morgan fingerprint density at radius 1 is 1.04 bits per heavy atom. The summed E-state index contributed by atoms with van der Waals surface area (Å²) in [6.45, 7) is 5.15. The second-order valence-electron chi connectivity index (χ2n) is 6.24. The number of nitrogens with one attached hydrogen (secondary N) is 3. The van der Waals surface area contributed by atoms with Gasteiger partial charge in [0.1, 0.15) is 5.75 Å². The average Bonchev–Trinajstić information content (AvgIpc) is 2.66. The Hall–Kier alpha value is -2.87. The van der Waals surface area contributed by atoms with Crippen LogP contribution in [-0.4, -0.2) is 30.4 Å². The number of benzene rings is 2. The van der Waals surface area contributed by atoms with Gasteiger partial charge in [0.2, 0.25) is 0 Å². The highest BCUT2D eigenvalue weighted by atomic mass is 79.9. The molecular weight excluding hydrogens is 426 g/mol. The van der Waals surface area contributed by atoms with E-state index in [-0.39, 0.29) is 12.5 Å². The highest BCUT2D eigenvalue weighted by molar-refractivity contribution is 9.10. The third-order valence-electron chi connectivity index (χ3n) is 3.98. The molecule has 3 N–H and O–H groups in total. The van der Waals surface area contributed by atoms with Crippen molar-refractivity contribution in [1.82, 2.24) is 16.2 Å². The zero-order valence-corrected chi connectivity index (χ0v) is 17.4. The van der Waals surface area contributed by atoms with Gasteiger partial charge in [-0.2, -0.15) is 0 Å². The lowest BCUT2D eigenvalue weighted by Gasteiger charge is -2.15. The van der Waals surface area contributed by atoms with Gasteiger partial charge in [-0.15, -0.1) is 0 Å². The van der Waals surface area contributed by atoms with Gasteiger partial charge in [0.15, 0.2) is 6.10 Å². The molecule has 2 rings (SSSR count). The van der Waals surface area contributed by atoms with Crippen LogP contribution < -0.4 is 20.9 Å². The number of halogens is 1. The van der Waals surface area contributed by atoms with Crippen molar-refractivity contribution in [3.05, 3.63) is 63.6 Å². The molecule has 1 unspecified atom stereocenters. The number of aryl methyl sites for hydroxylation is 2. The van der Waals surface area contributed by atoms with Gasteiger partial charge in [0, 0.05) is 10.0 Å². The van der Waals surface area contributed by atoms with Crippen molar-refractivity contribution in [1.29, 1.82) is 0 Å². The van der Waals surface area contributed by atoms with Gasteiger partial charge >= 0.3 is 0 Å². The summed E-state index contributed by atoms with van der Waals surface area (Å²) in [5.74, 6) is -0.922. The van der Waals surface area contributed by atoms with Crippen molar-refractivity contribution < 1.29 is 19.1 Å². The molecule has 2 aromatic rings. The van der Waals surface area contributed by atoms with Gasteiger partial charge in [0.05, 0.1) is 6.54 Å². The molecule has 28 heavy (non-hydrogen) atoms. The molecule has 0 saturated heterocycles. The number of ether oxygens (including phenoxy) is 1. The fraction of sp³-hybridized carbons (Fsp3) is 0.250. The van der Waals surface area contributed by atoms with Crippen molar-refractivity contribution >= 4 is 33.7 Å². The summed E-state index contributed by atoms with van der Waals surface area (Å²) in [5, 5.41) is 2.51. The maximum absolute atomic E-state index is 12.1. The topological polar surface area (TPSA) is 96.5 Å². The molecular formula is C20H22BrN3O4. The summed E-state index contributed by atoms with van der Waals surface area (Å²) in [6.07, 6.45) is -0.820. The molecule has 0 spiro atoms. The lowest BCUT2D eigenvalue weighted by Crippen LogP contribution is -2.50. The quantitative estimate of drug-likeness (QED) is 0.592. The molecule has 0 bridgehead atoms.